The number of likely N-dealkylation sites (N-methyl/N-ethyl adjacent to an activating group) is 1. The molecule has 1 rings (SSSR count). The number of nitrogens with one attached hydrogen (secondary N) is 1. The van der Waals surface area contributed by atoms with Gasteiger partial charge in [-0.25, -0.2) is 4.79 Å². The Kier molecular flexibility index (Phi) is 4.69. The molecular weight excluding hydrogens is 184 g/mol. The van der Waals surface area contributed by atoms with Crippen LogP contribution in [0.25, 0.3) is 0 Å². The zero-order valence-electron chi connectivity index (χ0n) is 8.78. The van der Waals surface area contributed by atoms with Gasteiger partial charge < -0.3 is 19.7 Å². The van der Waals surface area contributed by atoms with Crippen molar-refractivity contribution in [2.75, 3.05) is 40.0 Å². The van der Waals surface area contributed by atoms with Gasteiger partial charge in [0.15, 0.2) is 0 Å². The molecule has 5 heteroatoms. The average Bonchev–Trinajstić information content (AvgIpc) is 2.19. The summed E-state index contributed by atoms with van der Waals surface area (Å²) in [7, 11) is 1.75. The standard InChI is InChI=1S/C9H18N2O3/c1-3-10-9(12)11(2)6-8-7-13-4-5-14-8/h8H,3-7H2,1-2H3,(H,10,12). The first kappa shape index (κ1) is 11.3. The van der Waals surface area contributed by atoms with Crippen LogP contribution in [0, 0.1) is 0 Å². The summed E-state index contributed by atoms with van der Waals surface area (Å²) in [5.41, 5.74) is 0. The molecule has 0 spiro atoms. The predicted molar refractivity (Wildman–Crippen MR) is 52.3 cm³/mol. The number of amides is 2. The summed E-state index contributed by atoms with van der Waals surface area (Å²) in [6.07, 6.45) is 0.0105. The molecule has 82 valence electrons. The van der Waals surface area contributed by atoms with Gasteiger partial charge in [-0.15, -0.1) is 0 Å². The third-order valence-corrected chi connectivity index (χ3v) is 2.04. The van der Waals surface area contributed by atoms with Crippen molar-refractivity contribution in [1.82, 2.24) is 10.2 Å². The highest BCUT2D eigenvalue weighted by molar-refractivity contribution is 5.73. The SMILES string of the molecule is CCNC(=O)N(C)CC1COCCO1. The van der Waals surface area contributed by atoms with Crippen molar-refractivity contribution >= 4 is 6.03 Å². The van der Waals surface area contributed by atoms with Crippen LogP contribution in [0.5, 0.6) is 0 Å². The van der Waals surface area contributed by atoms with E-state index < -0.39 is 0 Å². The Labute approximate surface area is 84.4 Å². The highest BCUT2D eigenvalue weighted by atomic mass is 16.6. The first-order valence-electron chi connectivity index (χ1n) is 4.92. The summed E-state index contributed by atoms with van der Waals surface area (Å²) in [5, 5.41) is 2.73. The van der Waals surface area contributed by atoms with E-state index in [0.29, 0.717) is 32.9 Å². The minimum Gasteiger partial charge on any atom is -0.376 e. The van der Waals surface area contributed by atoms with E-state index in [1.165, 1.54) is 0 Å². The second-order valence-electron chi connectivity index (χ2n) is 3.28. The number of urea groups is 1. The number of hydrogen-bond acceptors (Lipinski definition) is 3. The maximum Gasteiger partial charge on any atom is 0.317 e. The summed E-state index contributed by atoms with van der Waals surface area (Å²) in [6.45, 7) is 4.96. The largest absolute Gasteiger partial charge is 0.376 e. The Hall–Kier alpha value is -0.810. The van der Waals surface area contributed by atoms with Crippen molar-refractivity contribution in [2.24, 2.45) is 0 Å². The van der Waals surface area contributed by atoms with Crippen molar-refractivity contribution in [1.29, 1.82) is 0 Å². The highest BCUT2D eigenvalue weighted by Gasteiger charge is 2.18. The lowest BCUT2D eigenvalue weighted by atomic mass is 10.3. The van der Waals surface area contributed by atoms with Gasteiger partial charge in [-0.05, 0) is 6.92 Å². The molecule has 0 radical (unpaired) electrons. The Morgan fingerprint density at radius 1 is 1.57 bits per heavy atom. The molecule has 14 heavy (non-hydrogen) atoms. The lowest BCUT2D eigenvalue weighted by molar-refractivity contribution is -0.0928. The van der Waals surface area contributed by atoms with E-state index in [9.17, 15) is 4.79 Å². The van der Waals surface area contributed by atoms with Gasteiger partial charge in [0.25, 0.3) is 0 Å². The van der Waals surface area contributed by atoms with Crippen LogP contribution in [0.3, 0.4) is 0 Å². The Morgan fingerprint density at radius 3 is 2.93 bits per heavy atom. The van der Waals surface area contributed by atoms with Crippen LogP contribution in [0.1, 0.15) is 6.92 Å². The molecule has 2 amide bonds. The van der Waals surface area contributed by atoms with E-state index in [-0.39, 0.29) is 12.1 Å². The fourth-order valence-corrected chi connectivity index (χ4v) is 1.32. The first-order valence-corrected chi connectivity index (χ1v) is 4.92. The van der Waals surface area contributed by atoms with Crippen LogP contribution in [0.4, 0.5) is 4.79 Å². The Bertz CT molecular complexity index is 181. The minimum atomic E-state index is -0.0679. The Balaban J connectivity index is 2.24. The summed E-state index contributed by atoms with van der Waals surface area (Å²) in [5.74, 6) is 0. The number of nitrogens with zero attached hydrogens (tertiary/aromatic N) is 1. The second-order valence-corrected chi connectivity index (χ2v) is 3.28. The second kappa shape index (κ2) is 5.82. The van der Waals surface area contributed by atoms with Gasteiger partial charge in [-0.2, -0.15) is 0 Å². The number of hydrogen-bond donors (Lipinski definition) is 1. The smallest absolute Gasteiger partial charge is 0.317 e. The van der Waals surface area contributed by atoms with Crippen molar-refractivity contribution in [3.8, 4) is 0 Å². The molecule has 1 atom stereocenters. The van der Waals surface area contributed by atoms with Gasteiger partial charge in [0, 0.05) is 13.6 Å². The maximum absolute atomic E-state index is 11.3. The molecule has 0 aromatic rings. The molecule has 1 N–H and O–H groups in total. The molecular formula is C9H18N2O3. The molecule has 0 aromatic heterocycles. The van der Waals surface area contributed by atoms with Gasteiger partial charge in [-0.3, -0.25) is 0 Å². The van der Waals surface area contributed by atoms with Crippen LogP contribution in [0.2, 0.25) is 0 Å². The number of carbonyl (C=O) groups excluding carboxylic acids is 1. The van der Waals surface area contributed by atoms with Gasteiger partial charge in [-0.1, -0.05) is 0 Å². The van der Waals surface area contributed by atoms with Gasteiger partial charge >= 0.3 is 6.03 Å². The molecule has 1 saturated heterocycles. The third kappa shape index (κ3) is 3.51. The summed E-state index contributed by atoms with van der Waals surface area (Å²) in [6, 6.07) is -0.0679. The van der Waals surface area contributed by atoms with Crippen LogP contribution < -0.4 is 5.32 Å². The predicted octanol–water partition coefficient (Wildman–Crippen LogP) is 0.0631. The van der Waals surface area contributed by atoms with E-state index >= 15 is 0 Å². The van der Waals surface area contributed by atoms with Crippen molar-refractivity contribution in [3.63, 3.8) is 0 Å². The molecule has 1 unspecified atom stereocenters. The topological polar surface area (TPSA) is 50.8 Å². The molecule has 1 aliphatic heterocycles. The summed E-state index contributed by atoms with van der Waals surface area (Å²) >= 11 is 0. The molecule has 5 nitrogen and oxygen atoms in total. The van der Waals surface area contributed by atoms with Crippen LogP contribution in [-0.4, -0.2) is 57.0 Å². The molecule has 1 aliphatic rings. The Morgan fingerprint density at radius 2 is 2.36 bits per heavy atom. The normalized spacial score (nSPS) is 21.7. The molecule has 0 aromatic carbocycles. The van der Waals surface area contributed by atoms with Gasteiger partial charge in [0.1, 0.15) is 0 Å². The number of ether oxygens (including phenoxy) is 2. The summed E-state index contributed by atoms with van der Waals surface area (Å²) in [4.78, 5) is 12.9. The van der Waals surface area contributed by atoms with Crippen LogP contribution >= 0.6 is 0 Å². The fourth-order valence-electron chi connectivity index (χ4n) is 1.32. The number of rotatable bonds is 3. The zero-order chi connectivity index (χ0) is 10.4. The third-order valence-electron chi connectivity index (χ3n) is 2.04. The molecule has 0 bridgehead atoms. The van der Waals surface area contributed by atoms with E-state index in [1.807, 2.05) is 6.92 Å². The number of carbonyl (C=O) groups is 1. The van der Waals surface area contributed by atoms with Crippen LogP contribution in [0.15, 0.2) is 0 Å². The van der Waals surface area contributed by atoms with E-state index in [1.54, 1.807) is 11.9 Å². The first-order chi connectivity index (χ1) is 6.74. The average molecular weight is 202 g/mol. The van der Waals surface area contributed by atoms with E-state index in [0.717, 1.165) is 0 Å². The maximum atomic E-state index is 11.3. The van der Waals surface area contributed by atoms with Gasteiger partial charge in [0.2, 0.25) is 0 Å². The summed E-state index contributed by atoms with van der Waals surface area (Å²) < 4.78 is 10.7. The van der Waals surface area contributed by atoms with Crippen molar-refractivity contribution in [2.45, 2.75) is 13.0 Å². The van der Waals surface area contributed by atoms with Crippen LogP contribution in [-0.2, 0) is 9.47 Å². The molecule has 0 aliphatic carbocycles. The molecule has 1 heterocycles. The lowest BCUT2D eigenvalue weighted by Crippen LogP contribution is -2.44. The zero-order valence-corrected chi connectivity index (χ0v) is 8.78. The van der Waals surface area contributed by atoms with Crippen molar-refractivity contribution in [3.05, 3.63) is 0 Å². The minimum absolute atomic E-state index is 0.0105. The quantitative estimate of drug-likeness (QED) is 0.704. The highest BCUT2D eigenvalue weighted by Crippen LogP contribution is 2.02. The monoisotopic (exact) mass is 202 g/mol. The van der Waals surface area contributed by atoms with E-state index in [2.05, 4.69) is 5.32 Å². The lowest BCUT2D eigenvalue weighted by Gasteiger charge is -2.27. The molecule has 1 fully saturated rings. The van der Waals surface area contributed by atoms with Crippen molar-refractivity contribution < 1.29 is 14.3 Å². The van der Waals surface area contributed by atoms with E-state index in [4.69, 9.17) is 9.47 Å². The fraction of sp³-hybridized carbons (Fsp3) is 0.889. The molecule has 0 saturated carbocycles. The van der Waals surface area contributed by atoms with Gasteiger partial charge in [0.05, 0.1) is 32.5 Å².